The zero-order chi connectivity index (χ0) is 14.7. The quantitative estimate of drug-likeness (QED) is 0.911. The van der Waals surface area contributed by atoms with Gasteiger partial charge in [-0.15, -0.1) is 0 Å². The van der Waals surface area contributed by atoms with Crippen LogP contribution < -0.4 is 5.32 Å². The summed E-state index contributed by atoms with van der Waals surface area (Å²) in [4.78, 5) is 0. The Kier molecular flexibility index (Phi) is 4.49. The van der Waals surface area contributed by atoms with E-state index in [0.29, 0.717) is 5.56 Å². The van der Waals surface area contributed by atoms with Gasteiger partial charge in [-0.05, 0) is 57.6 Å². The van der Waals surface area contributed by atoms with Crippen molar-refractivity contribution in [2.24, 2.45) is 0 Å². The average molecular weight is 279 g/mol. The van der Waals surface area contributed by atoms with Crippen LogP contribution in [0.25, 0.3) is 0 Å². The lowest BCUT2D eigenvalue weighted by Crippen LogP contribution is -2.11. The number of rotatable bonds is 5. The van der Waals surface area contributed by atoms with E-state index in [9.17, 15) is 8.78 Å². The monoisotopic (exact) mass is 279 g/mol. The van der Waals surface area contributed by atoms with Crippen molar-refractivity contribution in [2.75, 3.05) is 13.6 Å². The summed E-state index contributed by atoms with van der Waals surface area (Å²) < 4.78 is 28.6. The summed E-state index contributed by atoms with van der Waals surface area (Å²) in [7, 11) is 1.90. The largest absolute Gasteiger partial charge is 0.319 e. The van der Waals surface area contributed by atoms with Crippen LogP contribution in [0.4, 0.5) is 8.78 Å². The second-order valence-electron chi connectivity index (χ2n) is 4.90. The fourth-order valence-corrected chi connectivity index (χ4v) is 2.33. The fourth-order valence-electron chi connectivity index (χ4n) is 2.33. The van der Waals surface area contributed by atoms with E-state index in [-0.39, 0.29) is 6.54 Å². The molecule has 2 rings (SSSR count). The van der Waals surface area contributed by atoms with Gasteiger partial charge >= 0.3 is 0 Å². The first-order valence-corrected chi connectivity index (χ1v) is 6.64. The number of aromatic nitrogens is 2. The third kappa shape index (κ3) is 3.04. The first-order chi connectivity index (χ1) is 9.52. The minimum absolute atomic E-state index is 0.246. The van der Waals surface area contributed by atoms with Crippen LogP contribution in [0.2, 0.25) is 0 Å². The highest BCUT2D eigenvalue weighted by Gasteiger charge is 2.13. The van der Waals surface area contributed by atoms with E-state index in [2.05, 4.69) is 10.4 Å². The predicted molar refractivity (Wildman–Crippen MR) is 74.8 cm³/mol. The van der Waals surface area contributed by atoms with Gasteiger partial charge in [-0.1, -0.05) is 0 Å². The van der Waals surface area contributed by atoms with Crippen molar-refractivity contribution < 1.29 is 8.78 Å². The highest BCUT2D eigenvalue weighted by Crippen LogP contribution is 2.17. The lowest BCUT2D eigenvalue weighted by Gasteiger charge is -2.07. The maximum absolute atomic E-state index is 13.7. The number of benzene rings is 1. The minimum Gasteiger partial charge on any atom is -0.319 e. The first kappa shape index (κ1) is 14.7. The fraction of sp³-hybridized carbons (Fsp3) is 0.400. The van der Waals surface area contributed by atoms with Crippen molar-refractivity contribution in [3.63, 3.8) is 0 Å². The molecule has 0 spiro atoms. The zero-order valence-electron chi connectivity index (χ0n) is 12.0. The lowest BCUT2D eigenvalue weighted by molar-refractivity contribution is 0.561. The van der Waals surface area contributed by atoms with Gasteiger partial charge in [0.05, 0.1) is 12.2 Å². The summed E-state index contributed by atoms with van der Waals surface area (Å²) in [6.45, 7) is 5.01. The summed E-state index contributed by atoms with van der Waals surface area (Å²) in [5, 5.41) is 7.53. The van der Waals surface area contributed by atoms with E-state index in [1.807, 2.05) is 20.9 Å². The number of halogens is 2. The summed E-state index contributed by atoms with van der Waals surface area (Å²) >= 11 is 0. The topological polar surface area (TPSA) is 29.9 Å². The Morgan fingerprint density at radius 2 is 2.00 bits per heavy atom. The van der Waals surface area contributed by atoms with Crippen LogP contribution in [0.5, 0.6) is 0 Å². The molecule has 20 heavy (non-hydrogen) atoms. The summed E-state index contributed by atoms with van der Waals surface area (Å²) in [5.74, 6) is -0.839. The number of hydrogen-bond donors (Lipinski definition) is 1. The Morgan fingerprint density at radius 3 is 2.70 bits per heavy atom. The molecule has 0 unspecified atom stereocenters. The van der Waals surface area contributed by atoms with Crippen LogP contribution in [0.1, 0.15) is 22.5 Å². The van der Waals surface area contributed by atoms with Crippen molar-refractivity contribution in [3.8, 4) is 0 Å². The van der Waals surface area contributed by atoms with Gasteiger partial charge in [-0.25, -0.2) is 8.78 Å². The van der Waals surface area contributed by atoms with Crippen LogP contribution >= 0.6 is 0 Å². The number of nitrogens with zero attached hydrogens (tertiary/aromatic N) is 2. The number of aryl methyl sites for hydroxylation is 1. The second kappa shape index (κ2) is 6.13. The Balaban J connectivity index is 2.27. The number of likely N-dealkylation sites (N-methyl/N-ethyl adjacent to an activating group) is 1. The second-order valence-corrected chi connectivity index (χ2v) is 4.90. The molecule has 0 saturated carbocycles. The van der Waals surface area contributed by atoms with Gasteiger partial charge in [0.25, 0.3) is 0 Å². The Morgan fingerprint density at radius 1 is 1.25 bits per heavy atom. The van der Waals surface area contributed by atoms with Crippen LogP contribution in [-0.4, -0.2) is 23.4 Å². The van der Waals surface area contributed by atoms with Gasteiger partial charge in [-0.2, -0.15) is 5.10 Å². The molecule has 0 atom stereocenters. The molecule has 1 aromatic heterocycles. The van der Waals surface area contributed by atoms with Gasteiger partial charge in [-0.3, -0.25) is 4.68 Å². The van der Waals surface area contributed by atoms with Crippen LogP contribution in [-0.2, 0) is 13.0 Å². The Hall–Kier alpha value is -1.75. The van der Waals surface area contributed by atoms with Gasteiger partial charge in [0.2, 0.25) is 0 Å². The van der Waals surface area contributed by atoms with Crippen LogP contribution in [0.15, 0.2) is 18.2 Å². The molecule has 2 aromatic rings. The molecule has 0 saturated heterocycles. The highest BCUT2D eigenvalue weighted by atomic mass is 19.1. The minimum atomic E-state index is -0.432. The van der Waals surface area contributed by atoms with Gasteiger partial charge in [0.1, 0.15) is 11.6 Å². The SMILES string of the molecule is CNCCc1c(C)nn(Cc2cc(F)ccc2F)c1C. The van der Waals surface area contributed by atoms with Crippen molar-refractivity contribution in [1.82, 2.24) is 15.1 Å². The maximum Gasteiger partial charge on any atom is 0.128 e. The molecule has 0 amide bonds. The van der Waals surface area contributed by atoms with E-state index < -0.39 is 11.6 Å². The molecular weight excluding hydrogens is 260 g/mol. The molecule has 0 aliphatic rings. The Bertz CT molecular complexity index is 605. The molecular formula is C15H19F2N3. The molecule has 1 heterocycles. The molecule has 0 aliphatic carbocycles. The average Bonchev–Trinajstić information content (AvgIpc) is 2.67. The van der Waals surface area contributed by atoms with Crippen molar-refractivity contribution >= 4 is 0 Å². The van der Waals surface area contributed by atoms with E-state index >= 15 is 0 Å². The molecule has 0 fully saturated rings. The number of nitrogens with one attached hydrogen (secondary N) is 1. The van der Waals surface area contributed by atoms with E-state index in [1.54, 1.807) is 4.68 Å². The molecule has 0 bridgehead atoms. The summed E-state index contributed by atoms with van der Waals surface area (Å²) in [6.07, 6.45) is 0.875. The lowest BCUT2D eigenvalue weighted by atomic mass is 10.1. The Labute approximate surface area is 117 Å². The van der Waals surface area contributed by atoms with Crippen molar-refractivity contribution in [3.05, 3.63) is 52.3 Å². The third-order valence-electron chi connectivity index (χ3n) is 3.48. The van der Waals surface area contributed by atoms with Crippen molar-refractivity contribution in [1.29, 1.82) is 0 Å². The predicted octanol–water partition coefficient (Wildman–Crippen LogP) is 2.59. The van der Waals surface area contributed by atoms with Crippen LogP contribution in [0, 0.1) is 25.5 Å². The maximum atomic E-state index is 13.7. The molecule has 108 valence electrons. The first-order valence-electron chi connectivity index (χ1n) is 6.64. The van der Waals surface area contributed by atoms with Crippen LogP contribution in [0.3, 0.4) is 0 Å². The number of hydrogen-bond acceptors (Lipinski definition) is 2. The molecule has 1 N–H and O–H groups in total. The smallest absolute Gasteiger partial charge is 0.128 e. The van der Waals surface area contributed by atoms with E-state index in [1.165, 1.54) is 6.07 Å². The molecule has 0 aliphatic heterocycles. The normalized spacial score (nSPS) is 11.1. The molecule has 0 radical (unpaired) electrons. The van der Waals surface area contributed by atoms with Gasteiger partial charge in [0, 0.05) is 11.3 Å². The van der Waals surface area contributed by atoms with Gasteiger partial charge < -0.3 is 5.32 Å². The van der Waals surface area contributed by atoms with Crippen molar-refractivity contribution in [2.45, 2.75) is 26.8 Å². The van der Waals surface area contributed by atoms with E-state index in [4.69, 9.17) is 0 Å². The van der Waals surface area contributed by atoms with E-state index in [0.717, 1.165) is 42.0 Å². The summed E-state index contributed by atoms with van der Waals surface area (Å²) in [6, 6.07) is 3.50. The summed E-state index contributed by atoms with van der Waals surface area (Å²) in [5.41, 5.74) is 3.42. The van der Waals surface area contributed by atoms with Gasteiger partial charge in [0.15, 0.2) is 0 Å². The highest BCUT2D eigenvalue weighted by molar-refractivity contribution is 5.27. The molecule has 3 nitrogen and oxygen atoms in total. The molecule has 1 aromatic carbocycles. The molecule has 5 heteroatoms. The third-order valence-corrected chi connectivity index (χ3v) is 3.48. The standard InChI is InChI=1S/C15H19F2N3/c1-10-14(6-7-18-3)11(2)20(19-10)9-12-8-13(16)4-5-15(12)17/h4-5,8,18H,6-7,9H2,1-3H3. The zero-order valence-corrected chi connectivity index (χ0v) is 12.0.